The topological polar surface area (TPSA) is 88.2 Å². The van der Waals surface area contributed by atoms with Crippen LogP contribution in [0.3, 0.4) is 0 Å². The molecule has 2 N–H and O–H groups in total. The first kappa shape index (κ1) is 22.5. The van der Waals surface area contributed by atoms with Crippen molar-refractivity contribution in [1.82, 2.24) is 4.98 Å². The average Bonchev–Trinajstić information content (AvgIpc) is 3.47. The van der Waals surface area contributed by atoms with Gasteiger partial charge in [-0.2, -0.15) is 0 Å². The summed E-state index contributed by atoms with van der Waals surface area (Å²) in [6, 6.07) is 18.3. The van der Waals surface area contributed by atoms with E-state index in [4.69, 9.17) is 0 Å². The molecule has 1 amide bonds. The van der Waals surface area contributed by atoms with Gasteiger partial charge in [-0.3, -0.25) is 9.52 Å². The summed E-state index contributed by atoms with van der Waals surface area (Å²) in [6.07, 6.45) is 0. The molecule has 0 saturated heterocycles. The van der Waals surface area contributed by atoms with Crippen LogP contribution in [0.2, 0.25) is 0 Å². The molecule has 32 heavy (non-hydrogen) atoms. The summed E-state index contributed by atoms with van der Waals surface area (Å²) in [4.78, 5) is 17.7. The van der Waals surface area contributed by atoms with E-state index >= 15 is 0 Å². The van der Waals surface area contributed by atoms with Crippen LogP contribution in [0.4, 0.5) is 10.8 Å². The summed E-state index contributed by atoms with van der Waals surface area (Å²) in [5.74, 6) is 0.0713. The van der Waals surface area contributed by atoms with Gasteiger partial charge >= 0.3 is 0 Å². The van der Waals surface area contributed by atoms with Crippen molar-refractivity contribution < 1.29 is 13.2 Å². The lowest BCUT2D eigenvalue weighted by Gasteiger charge is -2.07. The minimum atomic E-state index is -3.57. The van der Waals surface area contributed by atoms with Crippen LogP contribution in [0.1, 0.15) is 5.56 Å². The van der Waals surface area contributed by atoms with Gasteiger partial charge in [-0.25, -0.2) is 13.4 Å². The second kappa shape index (κ2) is 9.86. The fraction of sp³-hybridized carbons (Fsp3) is 0.0909. The van der Waals surface area contributed by atoms with Crippen molar-refractivity contribution in [2.24, 2.45) is 0 Å². The molecule has 0 bridgehead atoms. The molecule has 2 aromatic carbocycles. The van der Waals surface area contributed by atoms with Gasteiger partial charge in [0, 0.05) is 21.5 Å². The number of thiazole rings is 1. The third kappa shape index (κ3) is 5.77. The molecule has 2 aromatic heterocycles. The van der Waals surface area contributed by atoms with Crippen LogP contribution in [0.5, 0.6) is 0 Å². The standard InChI is InChI=1S/C22H19N3O3S4/c1-15-4-6-16(7-5-15)19-13-31-22(23-19)24-20(26)14-30-18-10-8-17(9-11-18)25-32(27,28)21-3-2-12-29-21/h2-13,25H,14H2,1H3,(H,23,24,26). The molecule has 0 unspecified atom stereocenters. The maximum absolute atomic E-state index is 12.3. The predicted molar refractivity (Wildman–Crippen MR) is 133 cm³/mol. The zero-order valence-electron chi connectivity index (χ0n) is 16.9. The van der Waals surface area contributed by atoms with Crippen LogP contribution >= 0.6 is 34.4 Å². The highest BCUT2D eigenvalue weighted by atomic mass is 32.2. The number of sulfonamides is 1. The van der Waals surface area contributed by atoms with Gasteiger partial charge in [0.2, 0.25) is 5.91 Å². The maximum atomic E-state index is 12.3. The van der Waals surface area contributed by atoms with Crippen LogP contribution in [0.25, 0.3) is 11.3 Å². The number of anilines is 2. The van der Waals surface area contributed by atoms with E-state index < -0.39 is 10.0 Å². The molecule has 2 heterocycles. The Morgan fingerprint density at radius 2 is 1.78 bits per heavy atom. The van der Waals surface area contributed by atoms with Crippen LogP contribution in [0.15, 0.2) is 80.5 Å². The number of carbonyl (C=O) groups is 1. The maximum Gasteiger partial charge on any atom is 0.271 e. The number of hydrogen-bond donors (Lipinski definition) is 2. The first-order valence-electron chi connectivity index (χ1n) is 9.51. The van der Waals surface area contributed by atoms with E-state index in [1.165, 1.54) is 28.7 Å². The molecule has 0 spiro atoms. The zero-order chi connectivity index (χ0) is 22.6. The summed E-state index contributed by atoms with van der Waals surface area (Å²) < 4.78 is 27.4. The molecule has 0 saturated carbocycles. The molecular weight excluding hydrogens is 483 g/mol. The number of carbonyl (C=O) groups excluding carboxylic acids is 1. The van der Waals surface area contributed by atoms with Crippen molar-refractivity contribution in [3.8, 4) is 11.3 Å². The molecule has 0 aliphatic rings. The van der Waals surface area contributed by atoms with Crippen molar-refractivity contribution in [2.75, 3.05) is 15.8 Å². The Bertz CT molecular complexity index is 1300. The highest BCUT2D eigenvalue weighted by Crippen LogP contribution is 2.26. The van der Waals surface area contributed by atoms with Gasteiger partial charge < -0.3 is 5.32 Å². The molecule has 0 atom stereocenters. The van der Waals surface area contributed by atoms with Crippen LogP contribution in [-0.2, 0) is 14.8 Å². The monoisotopic (exact) mass is 501 g/mol. The van der Waals surface area contributed by atoms with Crippen molar-refractivity contribution >= 4 is 61.2 Å². The number of thioether (sulfide) groups is 1. The summed E-state index contributed by atoms with van der Waals surface area (Å²) in [6.45, 7) is 2.03. The Kier molecular flexibility index (Phi) is 6.95. The van der Waals surface area contributed by atoms with E-state index in [1.807, 2.05) is 36.6 Å². The number of thiophene rings is 1. The van der Waals surface area contributed by atoms with Gasteiger partial charge in [-0.05, 0) is 42.6 Å². The molecule has 4 aromatic rings. The van der Waals surface area contributed by atoms with Gasteiger partial charge in [-0.15, -0.1) is 34.4 Å². The normalized spacial score (nSPS) is 11.3. The average molecular weight is 502 g/mol. The molecule has 0 aliphatic carbocycles. The summed E-state index contributed by atoms with van der Waals surface area (Å²) in [5.41, 5.74) is 3.50. The number of nitrogens with zero attached hydrogens (tertiary/aromatic N) is 1. The highest BCUT2D eigenvalue weighted by Gasteiger charge is 2.15. The smallest absolute Gasteiger partial charge is 0.271 e. The van der Waals surface area contributed by atoms with Crippen molar-refractivity contribution in [2.45, 2.75) is 16.0 Å². The molecule has 0 radical (unpaired) electrons. The predicted octanol–water partition coefficient (Wildman–Crippen LogP) is 5.71. The highest BCUT2D eigenvalue weighted by molar-refractivity contribution is 8.00. The van der Waals surface area contributed by atoms with E-state index in [0.717, 1.165) is 27.5 Å². The van der Waals surface area contributed by atoms with E-state index in [0.29, 0.717) is 10.8 Å². The van der Waals surface area contributed by atoms with Crippen molar-refractivity contribution in [1.29, 1.82) is 0 Å². The number of aryl methyl sites for hydroxylation is 1. The SMILES string of the molecule is Cc1ccc(-c2csc(NC(=O)CSc3ccc(NS(=O)(=O)c4cccs4)cc3)n2)cc1. The van der Waals surface area contributed by atoms with Gasteiger partial charge in [0.1, 0.15) is 4.21 Å². The lowest BCUT2D eigenvalue weighted by molar-refractivity contribution is -0.113. The van der Waals surface area contributed by atoms with Crippen LogP contribution in [0, 0.1) is 6.92 Å². The number of rotatable bonds is 8. The summed E-state index contributed by atoms with van der Waals surface area (Å²) in [5, 5.41) is 7.03. The number of amides is 1. The van der Waals surface area contributed by atoms with E-state index in [-0.39, 0.29) is 15.9 Å². The van der Waals surface area contributed by atoms with Crippen LogP contribution in [-0.4, -0.2) is 25.1 Å². The Balaban J connectivity index is 1.29. The van der Waals surface area contributed by atoms with Crippen LogP contribution < -0.4 is 10.0 Å². The van der Waals surface area contributed by atoms with Crippen molar-refractivity contribution in [3.63, 3.8) is 0 Å². The first-order chi connectivity index (χ1) is 15.4. The Labute approximate surface area is 198 Å². The third-order valence-electron chi connectivity index (χ3n) is 4.33. The summed E-state index contributed by atoms with van der Waals surface area (Å²) >= 11 is 3.92. The Morgan fingerprint density at radius 1 is 1.03 bits per heavy atom. The molecule has 0 aliphatic heterocycles. The molecular formula is C22H19N3O3S4. The van der Waals surface area contributed by atoms with E-state index in [9.17, 15) is 13.2 Å². The van der Waals surface area contributed by atoms with Gasteiger partial charge in [-0.1, -0.05) is 35.9 Å². The lowest BCUT2D eigenvalue weighted by Crippen LogP contribution is -2.13. The fourth-order valence-electron chi connectivity index (χ4n) is 2.73. The quantitative estimate of drug-likeness (QED) is 0.302. The third-order valence-corrected chi connectivity index (χ3v) is 8.88. The summed E-state index contributed by atoms with van der Waals surface area (Å²) in [7, 11) is -3.57. The zero-order valence-corrected chi connectivity index (χ0v) is 20.2. The largest absolute Gasteiger partial charge is 0.301 e. The number of hydrogen-bond acceptors (Lipinski definition) is 7. The fourth-order valence-corrected chi connectivity index (χ4v) is 6.22. The molecule has 10 heteroatoms. The van der Waals surface area contributed by atoms with Gasteiger partial charge in [0.05, 0.1) is 11.4 Å². The number of aromatic nitrogens is 1. The lowest BCUT2D eigenvalue weighted by atomic mass is 10.1. The van der Waals surface area contributed by atoms with Crippen molar-refractivity contribution in [3.05, 3.63) is 77.0 Å². The Hall–Kier alpha value is -2.66. The second-order valence-electron chi connectivity index (χ2n) is 6.80. The number of benzene rings is 2. The first-order valence-corrected chi connectivity index (χ1v) is 13.7. The van der Waals surface area contributed by atoms with E-state index in [1.54, 1.807) is 41.8 Å². The second-order valence-corrected chi connectivity index (χ2v) is 11.6. The molecule has 0 fully saturated rings. The minimum absolute atomic E-state index is 0.151. The molecule has 4 rings (SSSR count). The number of nitrogens with one attached hydrogen (secondary N) is 2. The van der Waals surface area contributed by atoms with Gasteiger partial charge in [0.25, 0.3) is 10.0 Å². The van der Waals surface area contributed by atoms with Gasteiger partial charge in [0.15, 0.2) is 5.13 Å². The molecule has 164 valence electrons. The van der Waals surface area contributed by atoms with E-state index in [2.05, 4.69) is 15.0 Å². The minimum Gasteiger partial charge on any atom is -0.301 e. The Morgan fingerprint density at radius 3 is 2.47 bits per heavy atom. The molecule has 6 nitrogen and oxygen atoms in total.